The number of piperidine rings is 1. The molecule has 1 aliphatic heterocycles. The quantitative estimate of drug-likeness (QED) is 0.673. The van der Waals surface area contributed by atoms with Gasteiger partial charge in [0.25, 0.3) is 5.91 Å². The van der Waals surface area contributed by atoms with E-state index in [1.165, 1.54) is 24.9 Å². The molecule has 0 bridgehead atoms. The highest BCUT2D eigenvalue weighted by Crippen LogP contribution is 2.20. The number of nitrogens with zero attached hydrogens (tertiary/aromatic N) is 2. The lowest BCUT2D eigenvalue weighted by atomic mass is 10.1. The maximum atomic E-state index is 11.8. The van der Waals surface area contributed by atoms with Gasteiger partial charge in [-0.2, -0.15) is 5.10 Å². The third-order valence-corrected chi connectivity index (χ3v) is 4.17. The first-order valence-electron chi connectivity index (χ1n) is 8.07. The maximum Gasteiger partial charge on any atom is 0.287 e. The summed E-state index contributed by atoms with van der Waals surface area (Å²) in [5.41, 5.74) is 6.13. The molecular weight excluding hydrogens is 288 g/mol. The van der Waals surface area contributed by atoms with Gasteiger partial charge in [0.15, 0.2) is 0 Å². The second-order valence-corrected chi connectivity index (χ2v) is 5.82. The molecule has 5 heteroatoms. The number of hydrazone groups is 1. The van der Waals surface area contributed by atoms with Crippen molar-refractivity contribution in [1.82, 2.24) is 10.4 Å². The molecule has 0 unspecified atom stereocenters. The third-order valence-electron chi connectivity index (χ3n) is 4.17. The number of nitrogens with one attached hydrogen (secondary N) is 2. The van der Waals surface area contributed by atoms with Crippen LogP contribution in [0.25, 0.3) is 0 Å². The van der Waals surface area contributed by atoms with E-state index < -0.39 is 0 Å². The van der Waals surface area contributed by atoms with Gasteiger partial charge in [0.2, 0.25) is 0 Å². The number of carbonyl (C=O) groups excluding carboxylic acids is 1. The molecule has 2 aromatic rings. The SMILES string of the molecule is C/C(=N/NC(=O)c1ccc[nH]1)c1ccc(N2CCCCC2)cc1. The molecule has 1 amide bonds. The van der Waals surface area contributed by atoms with Crippen molar-refractivity contribution in [3.8, 4) is 0 Å². The first-order chi connectivity index (χ1) is 11.2. The smallest absolute Gasteiger partial charge is 0.287 e. The number of carbonyl (C=O) groups is 1. The molecule has 0 radical (unpaired) electrons. The van der Waals surface area contributed by atoms with Crippen LogP contribution >= 0.6 is 0 Å². The van der Waals surface area contributed by atoms with Crippen LogP contribution in [0.15, 0.2) is 47.7 Å². The zero-order valence-corrected chi connectivity index (χ0v) is 13.4. The molecule has 0 spiro atoms. The van der Waals surface area contributed by atoms with E-state index in [0.29, 0.717) is 5.69 Å². The van der Waals surface area contributed by atoms with Crippen molar-refractivity contribution in [2.75, 3.05) is 18.0 Å². The Morgan fingerprint density at radius 3 is 2.52 bits per heavy atom. The Hall–Kier alpha value is -2.56. The summed E-state index contributed by atoms with van der Waals surface area (Å²) >= 11 is 0. The van der Waals surface area contributed by atoms with E-state index in [4.69, 9.17) is 0 Å². The van der Waals surface area contributed by atoms with Gasteiger partial charge < -0.3 is 9.88 Å². The van der Waals surface area contributed by atoms with Gasteiger partial charge in [-0.1, -0.05) is 12.1 Å². The molecule has 1 aromatic carbocycles. The molecule has 1 saturated heterocycles. The molecular formula is C18H22N4O. The lowest BCUT2D eigenvalue weighted by Gasteiger charge is -2.28. The minimum atomic E-state index is -0.237. The van der Waals surface area contributed by atoms with E-state index in [0.717, 1.165) is 24.4 Å². The maximum absolute atomic E-state index is 11.8. The standard InChI is InChI=1S/C18H22N4O/c1-14(20-21-18(23)17-6-5-11-19-17)15-7-9-16(10-8-15)22-12-3-2-4-13-22/h5-11,19H,2-4,12-13H2,1H3,(H,21,23)/b20-14-. The van der Waals surface area contributed by atoms with Gasteiger partial charge in [-0.05, 0) is 56.0 Å². The number of rotatable bonds is 4. The number of H-pyrrole nitrogens is 1. The lowest BCUT2D eigenvalue weighted by Crippen LogP contribution is -2.29. The first-order valence-corrected chi connectivity index (χ1v) is 8.07. The van der Waals surface area contributed by atoms with E-state index in [9.17, 15) is 4.79 Å². The number of aromatic amines is 1. The van der Waals surface area contributed by atoms with Gasteiger partial charge in [0, 0.05) is 25.0 Å². The number of hydrogen-bond acceptors (Lipinski definition) is 3. The number of benzene rings is 1. The van der Waals surface area contributed by atoms with Gasteiger partial charge in [-0.25, -0.2) is 5.43 Å². The molecule has 3 rings (SSSR count). The van der Waals surface area contributed by atoms with Gasteiger partial charge in [-0.3, -0.25) is 4.79 Å². The van der Waals surface area contributed by atoms with Crippen LogP contribution in [0.4, 0.5) is 5.69 Å². The Labute approximate surface area is 136 Å². The summed E-state index contributed by atoms with van der Waals surface area (Å²) in [6.07, 6.45) is 5.59. The van der Waals surface area contributed by atoms with Crippen LogP contribution in [-0.2, 0) is 0 Å². The summed E-state index contributed by atoms with van der Waals surface area (Å²) < 4.78 is 0. The van der Waals surface area contributed by atoms with Crippen molar-refractivity contribution in [1.29, 1.82) is 0 Å². The molecule has 0 aliphatic carbocycles. The minimum Gasteiger partial charge on any atom is -0.372 e. The largest absolute Gasteiger partial charge is 0.372 e. The molecule has 5 nitrogen and oxygen atoms in total. The Kier molecular flexibility index (Phi) is 4.76. The molecule has 0 saturated carbocycles. The van der Waals surface area contributed by atoms with Crippen molar-refractivity contribution in [2.24, 2.45) is 5.10 Å². The molecule has 2 heterocycles. The highest BCUT2D eigenvalue weighted by molar-refractivity contribution is 6.00. The van der Waals surface area contributed by atoms with Crippen molar-refractivity contribution < 1.29 is 4.79 Å². The Morgan fingerprint density at radius 1 is 1.13 bits per heavy atom. The monoisotopic (exact) mass is 310 g/mol. The normalized spacial score (nSPS) is 15.5. The average molecular weight is 310 g/mol. The van der Waals surface area contributed by atoms with E-state index >= 15 is 0 Å². The summed E-state index contributed by atoms with van der Waals surface area (Å²) in [6.45, 7) is 4.17. The molecule has 120 valence electrons. The Balaban J connectivity index is 1.63. The van der Waals surface area contributed by atoms with Crippen LogP contribution in [0.1, 0.15) is 42.2 Å². The van der Waals surface area contributed by atoms with Crippen LogP contribution in [0.5, 0.6) is 0 Å². The Morgan fingerprint density at radius 2 is 1.87 bits per heavy atom. The van der Waals surface area contributed by atoms with Gasteiger partial charge in [0.1, 0.15) is 5.69 Å². The van der Waals surface area contributed by atoms with Crippen molar-refractivity contribution in [3.05, 3.63) is 53.9 Å². The summed E-state index contributed by atoms with van der Waals surface area (Å²) in [7, 11) is 0. The predicted octanol–water partition coefficient (Wildman–Crippen LogP) is 3.16. The van der Waals surface area contributed by atoms with Crippen molar-refractivity contribution in [3.63, 3.8) is 0 Å². The Bertz CT molecular complexity index is 668. The number of aromatic nitrogens is 1. The predicted molar refractivity (Wildman–Crippen MR) is 93.0 cm³/mol. The van der Waals surface area contributed by atoms with Gasteiger partial charge in [0.05, 0.1) is 5.71 Å². The minimum absolute atomic E-state index is 0.237. The molecule has 2 N–H and O–H groups in total. The average Bonchev–Trinajstić information content (AvgIpc) is 3.15. The zero-order valence-electron chi connectivity index (χ0n) is 13.4. The van der Waals surface area contributed by atoms with Crippen molar-refractivity contribution >= 4 is 17.3 Å². The van der Waals surface area contributed by atoms with Gasteiger partial charge >= 0.3 is 0 Å². The van der Waals surface area contributed by atoms with Crippen LogP contribution in [0.2, 0.25) is 0 Å². The van der Waals surface area contributed by atoms with Gasteiger partial charge in [-0.15, -0.1) is 0 Å². The van der Waals surface area contributed by atoms with E-state index in [2.05, 4.69) is 44.7 Å². The highest BCUT2D eigenvalue weighted by atomic mass is 16.2. The second-order valence-electron chi connectivity index (χ2n) is 5.82. The number of anilines is 1. The molecule has 0 atom stereocenters. The van der Waals surface area contributed by atoms with Crippen LogP contribution in [0.3, 0.4) is 0 Å². The summed E-state index contributed by atoms with van der Waals surface area (Å²) in [5.74, 6) is -0.237. The fourth-order valence-corrected chi connectivity index (χ4v) is 2.80. The summed E-state index contributed by atoms with van der Waals surface area (Å²) in [6, 6.07) is 11.9. The second kappa shape index (κ2) is 7.13. The van der Waals surface area contributed by atoms with E-state index in [1.807, 2.05) is 6.92 Å². The summed E-state index contributed by atoms with van der Waals surface area (Å²) in [5, 5.41) is 4.18. The van der Waals surface area contributed by atoms with Crippen LogP contribution < -0.4 is 10.3 Å². The topological polar surface area (TPSA) is 60.5 Å². The molecule has 23 heavy (non-hydrogen) atoms. The fourth-order valence-electron chi connectivity index (χ4n) is 2.80. The lowest BCUT2D eigenvalue weighted by molar-refractivity contribution is 0.0950. The third kappa shape index (κ3) is 3.80. The fraction of sp³-hybridized carbons (Fsp3) is 0.333. The number of amides is 1. The van der Waals surface area contributed by atoms with E-state index in [1.54, 1.807) is 18.3 Å². The van der Waals surface area contributed by atoms with Crippen LogP contribution in [0, 0.1) is 0 Å². The van der Waals surface area contributed by atoms with Crippen molar-refractivity contribution in [2.45, 2.75) is 26.2 Å². The zero-order chi connectivity index (χ0) is 16.1. The molecule has 1 fully saturated rings. The molecule has 1 aromatic heterocycles. The first kappa shape index (κ1) is 15.3. The van der Waals surface area contributed by atoms with Crippen LogP contribution in [-0.4, -0.2) is 29.7 Å². The number of hydrogen-bond donors (Lipinski definition) is 2. The summed E-state index contributed by atoms with van der Waals surface area (Å²) in [4.78, 5) is 17.1. The van der Waals surface area contributed by atoms with E-state index in [-0.39, 0.29) is 5.91 Å². The highest BCUT2D eigenvalue weighted by Gasteiger charge is 2.11. The molecule has 1 aliphatic rings.